The predicted octanol–water partition coefficient (Wildman–Crippen LogP) is 2.68. The van der Waals surface area contributed by atoms with Crippen LogP contribution in [0, 0.1) is 5.82 Å². The second-order valence-corrected chi connectivity index (χ2v) is 4.13. The van der Waals surface area contributed by atoms with E-state index in [1.54, 1.807) is 6.07 Å². The molecule has 3 nitrogen and oxygen atoms in total. The molecule has 1 atom stereocenters. The number of rotatable bonds is 6. The Labute approximate surface area is 101 Å². The van der Waals surface area contributed by atoms with Gasteiger partial charge in [0.15, 0.2) is 0 Å². The molecule has 0 aliphatic rings. The van der Waals surface area contributed by atoms with Crippen molar-refractivity contribution >= 4 is 0 Å². The summed E-state index contributed by atoms with van der Waals surface area (Å²) in [7, 11) is 0. The molecule has 0 radical (unpaired) electrons. The van der Waals surface area contributed by atoms with Gasteiger partial charge in [-0.25, -0.2) is 4.39 Å². The Balaban J connectivity index is 2.47. The van der Waals surface area contributed by atoms with Gasteiger partial charge in [0.1, 0.15) is 18.2 Å². The standard InChI is InChI=1S/C13H19FO3/c1-9(2)16-6-7-17-11-4-5-12(10(3)15)13(14)8-11/h4-5,8-10,15H,6-7H2,1-3H3/t10-/m1/s1. The number of benzene rings is 1. The SMILES string of the molecule is CC(C)OCCOc1ccc([C@@H](C)O)c(F)c1. The minimum atomic E-state index is -0.812. The Hall–Kier alpha value is -1.13. The van der Waals surface area contributed by atoms with E-state index >= 15 is 0 Å². The second kappa shape index (κ2) is 6.57. The van der Waals surface area contributed by atoms with Gasteiger partial charge in [-0.05, 0) is 32.9 Å². The highest BCUT2D eigenvalue weighted by molar-refractivity contribution is 5.29. The van der Waals surface area contributed by atoms with Gasteiger partial charge in [0, 0.05) is 11.6 Å². The molecular formula is C13H19FO3. The molecule has 1 aromatic carbocycles. The summed E-state index contributed by atoms with van der Waals surface area (Å²) >= 11 is 0. The van der Waals surface area contributed by atoms with Crippen LogP contribution in [-0.4, -0.2) is 24.4 Å². The Bertz CT molecular complexity index is 351. The molecule has 0 unspecified atom stereocenters. The summed E-state index contributed by atoms with van der Waals surface area (Å²) in [4.78, 5) is 0. The maximum atomic E-state index is 13.5. The fraction of sp³-hybridized carbons (Fsp3) is 0.538. The van der Waals surface area contributed by atoms with E-state index < -0.39 is 11.9 Å². The van der Waals surface area contributed by atoms with E-state index in [0.29, 0.717) is 19.0 Å². The van der Waals surface area contributed by atoms with Crippen molar-refractivity contribution in [3.05, 3.63) is 29.6 Å². The average molecular weight is 242 g/mol. The molecule has 0 aliphatic carbocycles. The van der Waals surface area contributed by atoms with Gasteiger partial charge in [-0.15, -0.1) is 0 Å². The zero-order chi connectivity index (χ0) is 12.8. The van der Waals surface area contributed by atoms with E-state index in [4.69, 9.17) is 9.47 Å². The van der Waals surface area contributed by atoms with Gasteiger partial charge in [0.05, 0.1) is 18.8 Å². The van der Waals surface area contributed by atoms with Gasteiger partial charge in [0.25, 0.3) is 0 Å². The van der Waals surface area contributed by atoms with Gasteiger partial charge in [0.2, 0.25) is 0 Å². The Kier molecular flexibility index (Phi) is 5.38. The largest absolute Gasteiger partial charge is 0.491 e. The number of ether oxygens (including phenoxy) is 2. The topological polar surface area (TPSA) is 38.7 Å². The highest BCUT2D eigenvalue weighted by atomic mass is 19.1. The fourth-order valence-corrected chi connectivity index (χ4v) is 1.38. The first-order chi connectivity index (χ1) is 8.00. The summed E-state index contributed by atoms with van der Waals surface area (Å²) in [6.45, 7) is 6.26. The van der Waals surface area contributed by atoms with Gasteiger partial charge in [-0.3, -0.25) is 0 Å². The van der Waals surface area contributed by atoms with Crippen LogP contribution in [0.4, 0.5) is 4.39 Å². The van der Waals surface area contributed by atoms with Crippen LogP contribution in [0.2, 0.25) is 0 Å². The molecule has 0 heterocycles. The minimum absolute atomic E-state index is 0.160. The summed E-state index contributed by atoms with van der Waals surface area (Å²) < 4.78 is 24.1. The molecular weight excluding hydrogens is 223 g/mol. The Morgan fingerprint density at radius 1 is 1.24 bits per heavy atom. The monoisotopic (exact) mass is 242 g/mol. The fourth-order valence-electron chi connectivity index (χ4n) is 1.38. The van der Waals surface area contributed by atoms with Crippen LogP contribution in [0.5, 0.6) is 5.75 Å². The van der Waals surface area contributed by atoms with Crippen molar-refractivity contribution in [1.29, 1.82) is 0 Å². The molecule has 0 amide bonds. The number of hydrogen-bond donors (Lipinski definition) is 1. The van der Waals surface area contributed by atoms with Crippen LogP contribution in [0.15, 0.2) is 18.2 Å². The zero-order valence-electron chi connectivity index (χ0n) is 10.4. The lowest BCUT2D eigenvalue weighted by molar-refractivity contribution is 0.0551. The molecule has 4 heteroatoms. The van der Waals surface area contributed by atoms with Crippen LogP contribution >= 0.6 is 0 Å². The third-order valence-corrected chi connectivity index (χ3v) is 2.23. The van der Waals surface area contributed by atoms with Crippen molar-refractivity contribution in [3.8, 4) is 5.75 Å². The normalized spacial score (nSPS) is 12.8. The lowest BCUT2D eigenvalue weighted by atomic mass is 10.1. The van der Waals surface area contributed by atoms with Crippen LogP contribution in [-0.2, 0) is 4.74 Å². The van der Waals surface area contributed by atoms with Crippen LogP contribution in [0.3, 0.4) is 0 Å². The van der Waals surface area contributed by atoms with Crippen LogP contribution < -0.4 is 4.74 Å². The van der Waals surface area contributed by atoms with E-state index in [1.165, 1.54) is 19.1 Å². The summed E-state index contributed by atoms with van der Waals surface area (Å²) in [6, 6.07) is 4.44. The quantitative estimate of drug-likeness (QED) is 0.779. The summed E-state index contributed by atoms with van der Waals surface area (Å²) in [5, 5.41) is 9.27. The number of aliphatic hydroxyl groups is 1. The lowest BCUT2D eigenvalue weighted by Crippen LogP contribution is -2.11. The number of hydrogen-bond acceptors (Lipinski definition) is 3. The molecule has 96 valence electrons. The maximum absolute atomic E-state index is 13.5. The molecule has 0 bridgehead atoms. The maximum Gasteiger partial charge on any atom is 0.132 e. The van der Waals surface area contributed by atoms with Crippen molar-refractivity contribution in [2.45, 2.75) is 33.0 Å². The van der Waals surface area contributed by atoms with E-state index in [9.17, 15) is 9.50 Å². The summed E-state index contributed by atoms with van der Waals surface area (Å²) in [6.07, 6.45) is -0.652. The van der Waals surface area contributed by atoms with E-state index in [-0.39, 0.29) is 11.7 Å². The second-order valence-electron chi connectivity index (χ2n) is 4.13. The number of halogens is 1. The average Bonchev–Trinajstić information content (AvgIpc) is 2.23. The molecule has 0 saturated carbocycles. The third kappa shape index (κ3) is 4.71. The van der Waals surface area contributed by atoms with E-state index in [1.807, 2.05) is 13.8 Å². The molecule has 0 saturated heterocycles. The van der Waals surface area contributed by atoms with Crippen molar-refractivity contribution in [3.63, 3.8) is 0 Å². The summed E-state index contributed by atoms with van der Waals surface area (Å²) in [5.74, 6) is -0.0125. The smallest absolute Gasteiger partial charge is 0.132 e. The van der Waals surface area contributed by atoms with Gasteiger partial charge in [-0.1, -0.05) is 0 Å². The van der Waals surface area contributed by atoms with Crippen LogP contribution in [0.1, 0.15) is 32.4 Å². The predicted molar refractivity (Wildman–Crippen MR) is 63.6 cm³/mol. The Morgan fingerprint density at radius 2 is 1.94 bits per heavy atom. The first kappa shape index (κ1) is 13.9. The molecule has 0 spiro atoms. The van der Waals surface area contributed by atoms with Gasteiger partial charge in [-0.2, -0.15) is 0 Å². The number of aliphatic hydroxyl groups excluding tert-OH is 1. The Morgan fingerprint density at radius 3 is 2.47 bits per heavy atom. The van der Waals surface area contributed by atoms with E-state index in [2.05, 4.69) is 0 Å². The molecule has 0 aliphatic heterocycles. The molecule has 0 fully saturated rings. The van der Waals surface area contributed by atoms with Gasteiger partial charge >= 0.3 is 0 Å². The molecule has 1 N–H and O–H groups in total. The van der Waals surface area contributed by atoms with E-state index in [0.717, 1.165) is 0 Å². The lowest BCUT2D eigenvalue weighted by Gasteiger charge is -2.11. The molecule has 17 heavy (non-hydrogen) atoms. The highest BCUT2D eigenvalue weighted by Gasteiger charge is 2.08. The molecule has 1 rings (SSSR count). The third-order valence-electron chi connectivity index (χ3n) is 2.23. The minimum Gasteiger partial charge on any atom is -0.491 e. The van der Waals surface area contributed by atoms with Crippen molar-refractivity contribution < 1.29 is 19.0 Å². The van der Waals surface area contributed by atoms with Gasteiger partial charge < -0.3 is 14.6 Å². The molecule has 1 aromatic rings. The summed E-state index contributed by atoms with van der Waals surface area (Å²) in [5.41, 5.74) is 0.274. The highest BCUT2D eigenvalue weighted by Crippen LogP contribution is 2.21. The first-order valence-electron chi connectivity index (χ1n) is 5.72. The first-order valence-corrected chi connectivity index (χ1v) is 5.72. The van der Waals surface area contributed by atoms with Crippen molar-refractivity contribution in [2.24, 2.45) is 0 Å². The van der Waals surface area contributed by atoms with Crippen molar-refractivity contribution in [2.75, 3.05) is 13.2 Å². The van der Waals surface area contributed by atoms with Crippen LogP contribution in [0.25, 0.3) is 0 Å². The van der Waals surface area contributed by atoms with Crippen molar-refractivity contribution in [1.82, 2.24) is 0 Å². The zero-order valence-corrected chi connectivity index (χ0v) is 10.4. The molecule has 0 aromatic heterocycles.